The lowest BCUT2D eigenvalue weighted by molar-refractivity contribution is -0.0466. The minimum absolute atomic E-state index is 0.0928. The molecule has 0 radical (unpaired) electrons. The number of hydrogen-bond acceptors (Lipinski definition) is 6. The molecule has 1 aromatic heterocycles. The van der Waals surface area contributed by atoms with Gasteiger partial charge in [0.15, 0.2) is 0 Å². The van der Waals surface area contributed by atoms with E-state index in [1.807, 2.05) is 0 Å². The first-order valence-electron chi connectivity index (χ1n) is 4.03. The van der Waals surface area contributed by atoms with Crippen molar-refractivity contribution in [2.75, 3.05) is 5.23 Å². The van der Waals surface area contributed by atoms with E-state index in [1.54, 1.807) is 13.0 Å². The lowest BCUT2D eigenvalue weighted by Crippen LogP contribution is -2.29. The van der Waals surface area contributed by atoms with Crippen molar-refractivity contribution in [1.29, 1.82) is 0 Å². The van der Waals surface area contributed by atoms with Crippen LogP contribution in [0.15, 0.2) is 18.3 Å². The maximum atomic E-state index is 10.3. The molecule has 0 unspecified atom stereocenters. The standard InChI is InChI=1S/C8H8N2O6/c1-5-2-3-9-6(4-5)10(15-7(11)12)16-8(13)14/h2-4H,1H3,(H,11,12)(H,13,14). The second-order valence-electron chi connectivity index (χ2n) is 2.66. The van der Waals surface area contributed by atoms with Gasteiger partial charge in [-0.05, 0) is 29.8 Å². The van der Waals surface area contributed by atoms with Crippen LogP contribution in [0, 0.1) is 6.92 Å². The van der Waals surface area contributed by atoms with E-state index in [2.05, 4.69) is 14.7 Å². The van der Waals surface area contributed by atoms with Gasteiger partial charge >= 0.3 is 12.3 Å². The molecule has 0 spiro atoms. The van der Waals surface area contributed by atoms with E-state index in [9.17, 15) is 9.59 Å². The lowest BCUT2D eigenvalue weighted by Gasteiger charge is -2.16. The molecule has 0 saturated carbocycles. The number of hydrogen-bond donors (Lipinski definition) is 2. The highest BCUT2D eigenvalue weighted by atomic mass is 17.0. The van der Waals surface area contributed by atoms with Crippen LogP contribution in [0.4, 0.5) is 15.4 Å². The minimum Gasteiger partial charge on any atom is -0.448 e. The number of nitrogens with zero attached hydrogens (tertiary/aromatic N) is 2. The highest BCUT2D eigenvalue weighted by Gasteiger charge is 2.18. The van der Waals surface area contributed by atoms with Crippen LogP contribution in [0.1, 0.15) is 5.56 Å². The summed E-state index contributed by atoms with van der Waals surface area (Å²) in [7, 11) is 0. The summed E-state index contributed by atoms with van der Waals surface area (Å²) in [5.41, 5.74) is 0.734. The average molecular weight is 228 g/mol. The van der Waals surface area contributed by atoms with Gasteiger partial charge in [-0.15, -0.1) is 0 Å². The number of carboxylic acid groups (broad SMARTS) is 2. The third-order valence-corrected chi connectivity index (χ3v) is 1.41. The zero-order valence-corrected chi connectivity index (χ0v) is 8.15. The van der Waals surface area contributed by atoms with E-state index < -0.39 is 12.3 Å². The van der Waals surface area contributed by atoms with Gasteiger partial charge in [-0.3, -0.25) is 9.68 Å². The Balaban J connectivity index is 2.90. The molecule has 0 saturated heterocycles. The highest BCUT2D eigenvalue weighted by Crippen LogP contribution is 2.13. The van der Waals surface area contributed by atoms with Gasteiger partial charge in [0.25, 0.3) is 0 Å². The van der Waals surface area contributed by atoms with Gasteiger partial charge < -0.3 is 10.2 Å². The van der Waals surface area contributed by atoms with Crippen LogP contribution in [0.5, 0.6) is 0 Å². The summed E-state index contributed by atoms with van der Waals surface area (Å²) in [6, 6.07) is 3.04. The summed E-state index contributed by atoms with van der Waals surface area (Å²) in [4.78, 5) is 32.4. The molecular formula is C8H8N2O6. The smallest absolute Gasteiger partial charge is 0.448 e. The van der Waals surface area contributed by atoms with E-state index in [1.165, 1.54) is 12.3 Å². The zero-order valence-electron chi connectivity index (χ0n) is 8.15. The molecule has 0 amide bonds. The molecule has 8 heteroatoms. The van der Waals surface area contributed by atoms with Crippen LogP contribution in [0.2, 0.25) is 0 Å². The molecule has 86 valence electrons. The average Bonchev–Trinajstić information content (AvgIpc) is 2.15. The molecule has 8 nitrogen and oxygen atoms in total. The number of pyridine rings is 1. The fourth-order valence-electron chi connectivity index (χ4n) is 0.874. The molecular weight excluding hydrogens is 220 g/mol. The molecule has 2 N–H and O–H groups in total. The summed E-state index contributed by atoms with van der Waals surface area (Å²) < 4.78 is 0. The van der Waals surface area contributed by atoms with Crippen LogP contribution >= 0.6 is 0 Å². The van der Waals surface area contributed by atoms with E-state index in [-0.39, 0.29) is 11.0 Å². The maximum absolute atomic E-state index is 10.3. The Hall–Kier alpha value is -2.51. The Morgan fingerprint density at radius 2 is 1.88 bits per heavy atom. The van der Waals surface area contributed by atoms with Gasteiger partial charge in [0.05, 0.1) is 0 Å². The van der Waals surface area contributed by atoms with Crippen molar-refractivity contribution in [2.24, 2.45) is 0 Å². The zero-order chi connectivity index (χ0) is 12.1. The molecule has 1 aromatic rings. The van der Waals surface area contributed by atoms with Crippen molar-refractivity contribution >= 4 is 18.1 Å². The molecule has 0 aliphatic heterocycles. The minimum atomic E-state index is -1.72. The van der Waals surface area contributed by atoms with Gasteiger partial charge in [0, 0.05) is 6.20 Å². The van der Waals surface area contributed by atoms with Crippen LogP contribution in [0.3, 0.4) is 0 Å². The first kappa shape index (κ1) is 11.6. The second-order valence-corrected chi connectivity index (χ2v) is 2.66. The Bertz CT molecular complexity index is 391. The van der Waals surface area contributed by atoms with Gasteiger partial charge in [0.1, 0.15) is 0 Å². The Morgan fingerprint density at radius 1 is 1.31 bits per heavy atom. The predicted molar refractivity (Wildman–Crippen MR) is 49.7 cm³/mol. The second kappa shape index (κ2) is 4.82. The molecule has 1 rings (SSSR count). The summed E-state index contributed by atoms with van der Waals surface area (Å²) in [5, 5.41) is 16.9. The quantitative estimate of drug-likeness (QED) is 0.747. The molecule has 0 fully saturated rings. The van der Waals surface area contributed by atoms with Crippen molar-refractivity contribution < 1.29 is 29.5 Å². The first-order chi connectivity index (χ1) is 7.49. The van der Waals surface area contributed by atoms with Crippen molar-refractivity contribution in [3.8, 4) is 0 Å². The molecule has 0 aromatic carbocycles. The van der Waals surface area contributed by atoms with Crippen LogP contribution < -0.4 is 5.23 Å². The van der Waals surface area contributed by atoms with Crippen LogP contribution in [-0.2, 0) is 9.68 Å². The molecule has 0 aliphatic carbocycles. The van der Waals surface area contributed by atoms with Crippen molar-refractivity contribution in [3.63, 3.8) is 0 Å². The Kier molecular flexibility index (Phi) is 3.49. The summed E-state index contributed by atoms with van der Waals surface area (Å²) in [6.45, 7) is 1.71. The van der Waals surface area contributed by atoms with Gasteiger partial charge in [-0.1, -0.05) is 0 Å². The third kappa shape index (κ3) is 3.33. The van der Waals surface area contributed by atoms with Crippen LogP contribution in [0.25, 0.3) is 0 Å². The predicted octanol–water partition coefficient (Wildman–Crippen LogP) is 1.42. The summed E-state index contributed by atoms with van der Waals surface area (Å²) in [6.07, 6.45) is -2.08. The Labute approximate surface area is 89.6 Å². The van der Waals surface area contributed by atoms with Gasteiger partial charge in [-0.25, -0.2) is 14.6 Å². The number of anilines is 1. The number of aromatic nitrogens is 1. The van der Waals surface area contributed by atoms with Crippen molar-refractivity contribution in [1.82, 2.24) is 4.98 Å². The van der Waals surface area contributed by atoms with Gasteiger partial charge in [-0.2, -0.15) is 0 Å². The molecule has 0 aliphatic rings. The lowest BCUT2D eigenvalue weighted by atomic mass is 10.3. The third-order valence-electron chi connectivity index (χ3n) is 1.41. The molecule has 16 heavy (non-hydrogen) atoms. The highest BCUT2D eigenvalue weighted by molar-refractivity contribution is 5.61. The normalized spacial score (nSPS) is 9.31. The van der Waals surface area contributed by atoms with Gasteiger partial charge in [0.2, 0.25) is 5.82 Å². The summed E-state index contributed by atoms with van der Waals surface area (Å²) in [5.74, 6) is -0.0928. The summed E-state index contributed by atoms with van der Waals surface area (Å²) >= 11 is 0. The topological polar surface area (TPSA) is 109 Å². The fourth-order valence-corrected chi connectivity index (χ4v) is 0.874. The number of aryl methyl sites for hydroxylation is 1. The monoisotopic (exact) mass is 228 g/mol. The van der Waals surface area contributed by atoms with E-state index in [4.69, 9.17) is 10.2 Å². The van der Waals surface area contributed by atoms with Crippen LogP contribution in [-0.4, -0.2) is 27.5 Å². The number of rotatable bonds is 3. The van der Waals surface area contributed by atoms with E-state index in [0.29, 0.717) is 0 Å². The SMILES string of the molecule is Cc1ccnc(N(OC(=O)O)OC(=O)O)c1. The largest absolute Gasteiger partial charge is 0.533 e. The molecule has 1 heterocycles. The molecule has 0 bridgehead atoms. The van der Waals surface area contributed by atoms with E-state index in [0.717, 1.165) is 5.56 Å². The van der Waals surface area contributed by atoms with Crippen molar-refractivity contribution in [2.45, 2.75) is 6.92 Å². The van der Waals surface area contributed by atoms with Crippen molar-refractivity contribution in [3.05, 3.63) is 23.9 Å². The Morgan fingerprint density at radius 3 is 2.31 bits per heavy atom. The maximum Gasteiger partial charge on any atom is 0.533 e. The first-order valence-corrected chi connectivity index (χ1v) is 4.03. The number of carbonyl (C=O) groups is 2. The fraction of sp³-hybridized carbons (Fsp3) is 0.125. The molecule has 0 atom stereocenters. The van der Waals surface area contributed by atoms with E-state index >= 15 is 0 Å².